The molecule has 1 atom stereocenters. The molecule has 0 N–H and O–H groups in total. The number of piperazine rings is 1. The van der Waals surface area contributed by atoms with E-state index in [1.54, 1.807) is 6.92 Å². The fourth-order valence-corrected chi connectivity index (χ4v) is 3.83. The van der Waals surface area contributed by atoms with Crippen LogP contribution in [0.1, 0.15) is 26.7 Å². The number of likely N-dealkylation sites (tertiary alicyclic amines) is 1. The zero-order valence-electron chi connectivity index (χ0n) is 14.6. The molecule has 2 saturated heterocycles. The van der Waals surface area contributed by atoms with Gasteiger partial charge in [-0.1, -0.05) is 18.2 Å². The Morgan fingerprint density at radius 1 is 1.00 bits per heavy atom. The third-order valence-corrected chi connectivity index (χ3v) is 5.32. The van der Waals surface area contributed by atoms with Gasteiger partial charge in [0.25, 0.3) is 0 Å². The number of rotatable bonds is 2. The minimum atomic E-state index is 0.0753. The molecular formula is C19H27N3O2. The van der Waals surface area contributed by atoms with Gasteiger partial charge in [-0.05, 0) is 31.9 Å². The summed E-state index contributed by atoms with van der Waals surface area (Å²) in [6, 6.07) is 10.6. The standard InChI is InChI=1S/C19H27N3O2/c1-15-14-21(18-6-4-3-5-7-18)12-13-22(15)19(24)17-8-10-20(11-9-17)16(2)23/h3-7,15,17H,8-14H2,1-2H3. The monoisotopic (exact) mass is 329 g/mol. The molecule has 0 bridgehead atoms. The predicted octanol–water partition coefficient (Wildman–Crippen LogP) is 1.98. The van der Waals surface area contributed by atoms with Gasteiger partial charge in [0.2, 0.25) is 11.8 Å². The zero-order valence-corrected chi connectivity index (χ0v) is 14.6. The molecule has 2 fully saturated rings. The van der Waals surface area contributed by atoms with Gasteiger partial charge in [-0.25, -0.2) is 0 Å². The third kappa shape index (κ3) is 3.55. The van der Waals surface area contributed by atoms with E-state index in [1.807, 2.05) is 15.9 Å². The van der Waals surface area contributed by atoms with E-state index in [2.05, 4.69) is 36.1 Å². The number of hydrogen-bond donors (Lipinski definition) is 0. The molecule has 0 spiro atoms. The molecule has 0 saturated carbocycles. The minimum Gasteiger partial charge on any atom is -0.368 e. The van der Waals surface area contributed by atoms with Crippen molar-refractivity contribution in [2.75, 3.05) is 37.6 Å². The van der Waals surface area contributed by atoms with Crippen LogP contribution >= 0.6 is 0 Å². The summed E-state index contributed by atoms with van der Waals surface area (Å²) < 4.78 is 0. The smallest absolute Gasteiger partial charge is 0.226 e. The van der Waals surface area contributed by atoms with Crippen LogP contribution in [-0.2, 0) is 9.59 Å². The maximum atomic E-state index is 12.9. The number of nitrogens with zero attached hydrogens (tertiary/aromatic N) is 3. The second kappa shape index (κ2) is 7.24. The van der Waals surface area contributed by atoms with Crippen molar-refractivity contribution in [2.45, 2.75) is 32.7 Å². The molecule has 2 amide bonds. The second-order valence-electron chi connectivity index (χ2n) is 6.94. The van der Waals surface area contributed by atoms with E-state index >= 15 is 0 Å². The van der Waals surface area contributed by atoms with E-state index in [0.29, 0.717) is 13.1 Å². The van der Waals surface area contributed by atoms with Crippen LogP contribution in [0.3, 0.4) is 0 Å². The molecule has 1 aromatic rings. The Kier molecular flexibility index (Phi) is 5.07. The molecule has 0 aliphatic carbocycles. The number of carbonyl (C=O) groups is 2. The lowest BCUT2D eigenvalue weighted by Gasteiger charge is -2.43. The van der Waals surface area contributed by atoms with Crippen LogP contribution in [0.4, 0.5) is 5.69 Å². The van der Waals surface area contributed by atoms with Crippen LogP contribution in [0, 0.1) is 5.92 Å². The molecule has 3 rings (SSSR count). The number of anilines is 1. The van der Waals surface area contributed by atoms with E-state index in [1.165, 1.54) is 5.69 Å². The first-order valence-electron chi connectivity index (χ1n) is 8.92. The summed E-state index contributed by atoms with van der Waals surface area (Å²) >= 11 is 0. The van der Waals surface area contributed by atoms with Crippen LogP contribution in [-0.4, -0.2) is 60.4 Å². The molecule has 5 nitrogen and oxygen atoms in total. The lowest BCUT2D eigenvalue weighted by Crippen LogP contribution is -2.56. The first kappa shape index (κ1) is 16.8. The van der Waals surface area contributed by atoms with E-state index in [4.69, 9.17) is 0 Å². The van der Waals surface area contributed by atoms with Crippen molar-refractivity contribution in [1.29, 1.82) is 0 Å². The number of piperidine rings is 1. The highest BCUT2D eigenvalue weighted by atomic mass is 16.2. The van der Waals surface area contributed by atoms with Crippen molar-refractivity contribution in [2.24, 2.45) is 5.92 Å². The normalized spacial score (nSPS) is 22.6. The summed E-state index contributed by atoms with van der Waals surface area (Å²) in [7, 11) is 0. The quantitative estimate of drug-likeness (QED) is 0.833. The molecule has 130 valence electrons. The second-order valence-corrected chi connectivity index (χ2v) is 6.94. The van der Waals surface area contributed by atoms with Gasteiger partial charge in [-0.3, -0.25) is 9.59 Å². The first-order valence-corrected chi connectivity index (χ1v) is 8.92. The van der Waals surface area contributed by atoms with Crippen LogP contribution in [0.15, 0.2) is 30.3 Å². The maximum Gasteiger partial charge on any atom is 0.226 e. The van der Waals surface area contributed by atoms with Crippen molar-refractivity contribution in [3.8, 4) is 0 Å². The third-order valence-electron chi connectivity index (χ3n) is 5.32. The van der Waals surface area contributed by atoms with Crippen LogP contribution < -0.4 is 4.90 Å². The number of amides is 2. The summed E-state index contributed by atoms with van der Waals surface area (Å²) in [5.74, 6) is 0.468. The fraction of sp³-hybridized carbons (Fsp3) is 0.579. The number of para-hydroxylation sites is 1. The highest BCUT2D eigenvalue weighted by Gasteiger charge is 2.34. The van der Waals surface area contributed by atoms with Crippen molar-refractivity contribution in [1.82, 2.24) is 9.80 Å². The van der Waals surface area contributed by atoms with Crippen LogP contribution in [0.2, 0.25) is 0 Å². The van der Waals surface area contributed by atoms with Gasteiger partial charge in [0.15, 0.2) is 0 Å². The van der Waals surface area contributed by atoms with E-state index in [-0.39, 0.29) is 23.8 Å². The van der Waals surface area contributed by atoms with Crippen molar-refractivity contribution in [3.05, 3.63) is 30.3 Å². The summed E-state index contributed by atoms with van der Waals surface area (Å²) in [6.07, 6.45) is 1.59. The van der Waals surface area contributed by atoms with E-state index < -0.39 is 0 Å². The Labute approximate surface area is 144 Å². The molecule has 1 aromatic carbocycles. The lowest BCUT2D eigenvalue weighted by molar-refractivity contribution is -0.142. The van der Waals surface area contributed by atoms with Gasteiger partial charge in [0.1, 0.15) is 0 Å². The molecule has 0 radical (unpaired) electrons. The Balaban J connectivity index is 1.57. The number of benzene rings is 1. The highest BCUT2D eigenvalue weighted by Crippen LogP contribution is 2.24. The van der Waals surface area contributed by atoms with Gasteiger partial charge in [0, 0.05) is 57.3 Å². The Morgan fingerprint density at radius 2 is 1.67 bits per heavy atom. The first-order chi connectivity index (χ1) is 11.6. The molecule has 0 aromatic heterocycles. The summed E-state index contributed by atoms with van der Waals surface area (Å²) in [6.45, 7) is 7.70. The van der Waals surface area contributed by atoms with Crippen molar-refractivity contribution >= 4 is 17.5 Å². The summed E-state index contributed by atoms with van der Waals surface area (Å²) in [5.41, 5.74) is 1.23. The minimum absolute atomic E-state index is 0.0753. The zero-order chi connectivity index (χ0) is 17.1. The number of carbonyl (C=O) groups excluding carboxylic acids is 2. The maximum absolute atomic E-state index is 12.9. The fourth-order valence-electron chi connectivity index (χ4n) is 3.83. The van der Waals surface area contributed by atoms with Crippen LogP contribution in [0.5, 0.6) is 0 Å². The molecule has 2 heterocycles. The van der Waals surface area contributed by atoms with Gasteiger partial charge in [0.05, 0.1) is 0 Å². The lowest BCUT2D eigenvalue weighted by atomic mass is 9.94. The Morgan fingerprint density at radius 3 is 2.25 bits per heavy atom. The van der Waals surface area contributed by atoms with Crippen LogP contribution in [0.25, 0.3) is 0 Å². The Hall–Kier alpha value is -2.04. The average Bonchev–Trinajstić information content (AvgIpc) is 2.62. The van der Waals surface area contributed by atoms with Crippen molar-refractivity contribution in [3.63, 3.8) is 0 Å². The van der Waals surface area contributed by atoms with E-state index in [0.717, 1.165) is 32.5 Å². The molecule has 5 heteroatoms. The van der Waals surface area contributed by atoms with Gasteiger partial charge >= 0.3 is 0 Å². The average molecular weight is 329 g/mol. The Bertz CT molecular complexity index is 582. The van der Waals surface area contributed by atoms with Gasteiger partial charge < -0.3 is 14.7 Å². The number of hydrogen-bond acceptors (Lipinski definition) is 3. The van der Waals surface area contributed by atoms with E-state index in [9.17, 15) is 9.59 Å². The van der Waals surface area contributed by atoms with Gasteiger partial charge in [-0.15, -0.1) is 0 Å². The highest BCUT2D eigenvalue weighted by molar-refractivity contribution is 5.80. The molecular weight excluding hydrogens is 302 g/mol. The topological polar surface area (TPSA) is 43.9 Å². The molecule has 24 heavy (non-hydrogen) atoms. The summed E-state index contributed by atoms with van der Waals surface area (Å²) in [4.78, 5) is 30.6. The van der Waals surface area contributed by atoms with Crippen molar-refractivity contribution < 1.29 is 9.59 Å². The molecule has 1 unspecified atom stereocenters. The van der Waals surface area contributed by atoms with Gasteiger partial charge in [-0.2, -0.15) is 0 Å². The SMILES string of the molecule is CC(=O)N1CCC(C(=O)N2CCN(c3ccccc3)CC2C)CC1. The molecule has 2 aliphatic rings. The summed E-state index contributed by atoms with van der Waals surface area (Å²) in [5, 5.41) is 0. The molecule has 2 aliphatic heterocycles. The largest absolute Gasteiger partial charge is 0.368 e. The predicted molar refractivity (Wildman–Crippen MR) is 94.8 cm³/mol.